The summed E-state index contributed by atoms with van der Waals surface area (Å²) in [5.41, 5.74) is 12.7. The van der Waals surface area contributed by atoms with Crippen LogP contribution in [0, 0.1) is 5.82 Å². The number of benzene rings is 2. The van der Waals surface area contributed by atoms with Gasteiger partial charge in [0.1, 0.15) is 18.2 Å². The Labute approximate surface area is 147 Å². The van der Waals surface area contributed by atoms with Crippen molar-refractivity contribution in [3.63, 3.8) is 0 Å². The Morgan fingerprint density at radius 1 is 1.23 bits per heavy atom. The number of hydrogen-bond donors (Lipinski definition) is 3. The van der Waals surface area contributed by atoms with E-state index in [1.807, 2.05) is 6.07 Å². The molecular formula is C17H16FN6O2+. The van der Waals surface area contributed by atoms with E-state index in [0.717, 1.165) is 5.56 Å². The lowest BCUT2D eigenvalue weighted by atomic mass is 10.2. The topological polar surface area (TPSA) is 127 Å². The van der Waals surface area contributed by atoms with Gasteiger partial charge in [-0.25, -0.2) is 9.02 Å². The van der Waals surface area contributed by atoms with Crippen molar-refractivity contribution in [1.82, 2.24) is 10.3 Å². The molecular weight excluding hydrogens is 339 g/mol. The van der Waals surface area contributed by atoms with Gasteiger partial charge in [0.2, 0.25) is 12.1 Å². The predicted molar refractivity (Wildman–Crippen MR) is 92.7 cm³/mol. The molecule has 0 fully saturated rings. The second-order valence-corrected chi connectivity index (χ2v) is 5.22. The van der Waals surface area contributed by atoms with Crippen LogP contribution in [-0.4, -0.2) is 22.4 Å². The van der Waals surface area contributed by atoms with E-state index in [-0.39, 0.29) is 29.8 Å². The Balaban J connectivity index is 1.65. The minimum Gasteiger partial charge on any atom is -0.489 e. The maximum atomic E-state index is 13.6. The highest BCUT2D eigenvalue weighted by atomic mass is 19.1. The molecule has 0 saturated heterocycles. The number of nitrogens with two attached hydrogens (primary N) is 2. The van der Waals surface area contributed by atoms with E-state index in [0.29, 0.717) is 11.3 Å². The number of anilines is 1. The van der Waals surface area contributed by atoms with Crippen molar-refractivity contribution in [1.29, 1.82) is 0 Å². The third-order valence-electron chi connectivity index (χ3n) is 3.38. The standard InChI is InChI=1S/C17H15FN6O2/c18-14-7-2-1-5-12(14)10-25-13-6-3-4-11(8-13)9-21-22-16(19)15-17(20)24-26-23-15/h1-9H,10H2,(H2,19,22)(H2,20,24)/p+1. The second-order valence-electron chi connectivity index (χ2n) is 5.22. The number of aromatic nitrogens is 2. The zero-order chi connectivity index (χ0) is 18.4. The number of nitrogens with zero attached hydrogens (tertiary/aromatic N) is 3. The molecule has 0 aliphatic rings. The van der Waals surface area contributed by atoms with E-state index in [1.54, 1.807) is 42.6 Å². The van der Waals surface area contributed by atoms with Crippen molar-refractivity contribution in [2.75, 3.05) is 5.73 Å². The fourth-order valence-corrected chi connectivity index (χ4v) is 2.07. The summed E-state index contributed by atoms with van der Waals surface area (Å²) in [6, 6.07) is 13.6. The van der Waals surface area contributed by atoms with Crippen LogP contribution in [0.3, 0.4) is 0 Å². The highest BCUT2D eigenvalue weighted by molar-refractivity contribution is 5.98. The van der Waals surface area contributed by atoms with Gasteiger partial charge in [0.15, 0.2) is 11.5 Å². The van der Waals surface area contributed by atoms with Crippen LogP contribution in [0.1, 0.15) is 16.8 Å². The van der Waals surface area contributed by atoms with Gasteiger partial charge in [-0.3, -0.25) is 0 Å². The Kier molecular flexibility index (Phi) is 5.18. The average molecular weight is 355 g/mol. The van der Waals surface area contributed by atoms with Crippen molar-refractivity contribution < 1.29 is 18.9 Å². The summed E-state index contributed by atoms with van der Waals surface area (Å²) in [5, 5.41) is 13.6. The molecule has 3 rings (SSSR count). The predicted octanol–water partition coefficient (Wildman–Crippen LogP) is 0.190. The summed E-state index contributed by atoms with van der Waals surface area (Å²) < 4.78 is 23.7. The molecule has 1 heterocycles. The highest BCUT2D eigenvalue weighted by Crippen LogP contribution is 2.15. The molecule has 0 saturated carbocycles. The molecule has 2 aromatic carbocycles. The molecule has 9 heteroatoms. The minimum atomic E-state index is -0.302. The normalized spacial score (nSPS) is 11.8. The molecule has 0 amide bonds. The van der Waals surface area contributed by atoms with Crippen LogP contribution < -0.4 is 21.3 Å². The Bertz CT molecular complexity index is 954. The summed E-state index contributed by atoms with van der Waals surface area (Å²) in [6.45, 7) is 0.132. The van der Waals surface area contributed by atoms with E-state index in [4.69, 9.17) is 16.2 Å². The molecule has 5 N–H and O–H groups in total. The van der Waals surface area contributed by atoms with Crippen LogP contribution in [-0.2, 0) is 6.61 Å². The third kappa shape index (κ3) is 4.20. The molecule has 0 bridgehead atoms. The Morgan fingerprint density at radius 2 is 2.08 bits per heavy atom. The molecule has 0 radical (unpaired) electrons. The van der Waals surface area contributed by atoms with Crippen LogP contribution >= 0.6 is 0 Å². The first-order valence-electron chi connectivity index (χ1n) is 7.60. The van der Waals surface area contributed by atoms with Crippen molar-refractivity contribution in [2.24, 2.45) is 10.8 Å². The van der Waals surface area contributed by atoms with E-state index in [9.17, 15) is 4.39 Å². The minimum absolute atomic E-state index is 0.0342. The monoisotopic (exact) mass is 355 g/mol. The van der Waals surface area contributed by atoms with Gasteiger partial charge in [-0.15, -0.1) is 5.10 Å². The molecule has 0 aliphatic heterocycles. The van der Waals surface area contributed by atoms with Gasteiger partial charge in [-0.1, -0.05) is 24.3 Å². The summed E-state index contributed by atoms with van der Waals surface area (Å²) in [4.78, 5) is 0. The SMILES string of the molecule is NC(=N[NH+]=Cc1cccc(OCc2ccccc2F)c1)c1nonc1N. The number of ether oxygens (including phenoxy) is 1. The molecule has 0 aliphatic carbocycles. The van der Waals surface area contributed by atoms with E-state index in [1.165, 1.54) is 6.07 Å². The zero-order valence-corrected chi connectivity index (χ0v) is 13.6. The smallest absolute Gasteiger partial charge is 0.224 e. The second kappa shape index (κ2) is 7.88. The molecule has 3 aromatic rings. The van der Waals surface area contributed by atoms with Gasteiger partial charge < -0.3 is 16.2 Å². The fraction of sp³-hybridized carbons (Fsp3) is 0.0588. The number of nitrogens with one attached hydrogen (secondary N) is 1. The lowest BCUT2D eigenvalue weighted by Crippen LogP contribution is -2.63. The van der Waals surface area contributed by atoms with Crippen LogP contribution in [0.4, 0.5) is 10.2 Å². The number of amidine groups is 1. The number of halogens is 1. The average Bonchev–Trinajstić information content (AvgIpc) is 3.07. The van der Waals surface area contributed by atoms with Crippen LogP contribution in [0.25, 0.3) is 0 Å². The number of hydrazone groups is 1. The molecule has 0 atom stereocenters. The number of rotatable bonds is 6. The van der Waals surface area contributed by atoms with Gasteiger partial charge in [0.05, 0.1) is 0 Å². The number of hydrogen-bond acceptors (Lipinski definition) is 6. The molecule has 132 valence electrons. The lowest BCUT2D eigenvalue weighted by Gasteiger charge is -2.07. The largest absolute Gasteiger partial charge is 0.489 e. The van der Waals surface area contributed by atoms with E-state index in [2.05, 4.69) is 25.1 Å². The molecule has 0 spiro atoms. The highest BCUT2D eigenvalue weighted by Gasteiger charge is 2.11. The van der Waals surface area contributed by atoms with E-state index >= 15 is 0 Å². The lowest BCUT2D eigenvalue weighted by molar-refractivity contribution is -0.456. The van der Waals surface area contributed by atoms with Crippen molar-refractivity contribution in [3.8, 4) is 5.75 Å². The first-order chi connectivity index (χ1) is 12.6. The first kappa shape index (κ1) is 17.1. The molecule has 1 aromatic heterocycles. The van der Waals surface area contributed by atoms with Gasteiger partial charge in [0.25, 0.3) is 0 Å². The Morgan fingerprint density at radius 3 is 2.85 bits per heavy atom. The van der Waals surface area contributed by atoms with Gasteiger partial charge in [-0.05, 0) is 34.6 Å². The van der Waals surface area contributed by atoms with Crippen LogP contribution in [0.2, 0.25) is 0 Å². The van der Waals surface area contributed by atoms with Gasteiger partial charge in [-0.2, -0.15) is 0 Å². The quantitative estimate of drug-likeness (QED) is 0.329. The number of nitrogen functional groups attached to an aromatic ring is 1. The maximum absolute atomic E-state index is 13.6. The van der Waals surface area contributed by atoms with Gasteiger partial charge >= 0.3 is 0 Å². The summed E-state index contributed by atoms with van der Waals surface area (Å²) in [6.07, 6.45) is 1.60. The van der Waals surface area contributed by atoms with Crippen LogP contribution in [0.15, 0.2) is 58.3 Å². The maximum Gasteiger partial charge on any atom is 0.224 e. The van der Waals surface area contributed by atoms with E-state index < -0.39 is 0 Å². The van der Waals surface area contributed by atoms with Gasteiger partial charge in [0, 0.05) is 16.2 Å². The molecule has 26 heavy (non-hydrogen) atoms. The summed E-state index contributed by atoms with van der Waals surface area (Å²) in [5.74, 6) is 0.373. The first-order valence-corrected chi connectivity index (χ1v) is 7.60. The summed E-state index contributed by atoms with van der Waals surface area (Å²) in [7, 11) is 0. The van der Waals surface area contributed by atoms with Crippen molar-refractivity contribution in [3.05, 3.63) is 71.2 Å². The Hall–Kier alpha value is -3.75. The van der Waals surface area contributed by atoms with Crippen molar-refractivity contribution >= 4 is 17.9 Å². The molecule has 8 nitrogen and oxygen atoms in total. The van der Waals surface area contributed by atoms with Crippen molar-refractivity contribution in [2.45, 2.75) is 6.61 Å². The van der Waals surface area contributed by atoms with Crippen LogP contribution in [0.5, 0.6) is 5.75 Å². The zero-order valence-electron chi connectivity index (χ0n) is 13.6. The fourth-order valence-electron chi connectivity index (χ4n) is 2.07. The third-order valence-corrected chi connectivity index (χ3v) is 3.38. The summed E-state index contributed by atoms with van der Waals surface area (Å²) >= 11 is 0. The molecule has 0 unspecified atom stereocenters.